The molecule has 9 heteroatoms. The summed E-state index contributed by atoms with van der Waals surface area (Å²) in [6, 6.07) is 0. The van der Waals surface area contributed by atoms with E-state index >= 15 is 0 Å². The fourth-order valence-electron chi connectivity index (χ4n) is 5.28. The highest BCUT2D eigenvalue weighted by atomic mass is 16.6. The summed E-state index contributed by atoms with van der Waals surface area (Å²) in [5.41, 5.74) is 9.73. The zero-order valence-corrected chi connectivity index (χ0v) is 17.5. The molecule has 5 rings (SSSR count). The Morgan fingerprint density at radius 2 is 2.00 bits per heavy atom. The van der Waals surface area contributed by atoms with Crippen LogP contribution in [0.4, 0.5) is 5.82 Å². The molecule has 1 unspecified atom stereocenters. The van der Waals surface area contributed by atoms with Crippen molar-refractivity contribution in [1.29, 1.82) is 0 Å². The Kier molecular flexibility index (Phi) is 5.39. The smallest absolute Gasteiger partial charge is 0.199 e. The van der Waals surface area contributed by atoms with E-state index in [1.165, 1.54) is 44.5 Å². The Labute approximate surface area is 176 Å². The third kappa shape index (κ3) is 3.56. The highest BCUT2D eigenvalue weighted by Gasteiger charge is 2.30. The lowest BCUT2D eigenvalue weighted by atomic mass is 9.89. The fraction of sp³-hybridized carbons (Fsp3) is 0.619. The second-order valence-electron chi connectivity index (χ2n) is 8.55. The van der Waals surface area contributed by atoms with E-state index in [0.717, 1.165) is 43.0 Å². The van der Waals surface area contributed by atoms with Crippen molar-refractivity contribution in [2.75, 3.05) is 38.5 Å². The molecule has 1 saturated heterocycles. The molecule has 1 aliphatic carbocycles. The van der Waals surface area contributed by atoms with E-state index < -0.39 is 0 Å². The van der Waals surface area contributed by atoms with Gasteiger partial charge in [-0.25, -0.2) is 9.61 Å². The summed E-state index contributed by atoms with van der Waals surface area (Å²) in [7, 11) is 0. The van der Waals surface area contributed by atoms with Gasteiger partial charge in [0.05, 0.1) is 11.7 Å². The maximum Gasteiger partial charge on any atom is 0.199 e. The number of anilines is 1. The van der Waals surface area contributed by atoms with Gasteiger partial charge < -0.3 is 20.5 Å². The predicted molar refractivity (Wildman–Crippen MR) is 115 cm³/mol. The number of fused-ring (bicyclic) bond motifs is 1. The number of nitrogens with two attached hydrogens (primary N) is 1. The molecule has 1 saturated carbocycles. The molecular formula is C21H30N8O. The van der Waals surface area contributed by atoms with Gasteiger partial charge in [0.25, 0.3) is 0 Å². The summed E-state index contributed by atoms with van der Waals surface area (Å²) >= 11 is 0. The summed E-state index contributed by atoms with van der Waals surface area (Å²) in [6.07, 6.45) is 8.83. The number of nitrogens with one attached hydrogen (secondary N) is 1. The standard InChI is InChI=1S/C21H30N8O/c1-2-29-19-16(10-14-4-3-5-15(14)13-28-8-6-23-7-9-28)11-24-12-17(19)25-21(29)18-20(22)27-30-26-18/h11-12,14-15,23H,2-10,13H2,1H3,(H2,22,27)/t14?,15-/m0/s1. The molecule has 3 N–H and O–H groups in total. The van der Waals surface area contributed by atoms with Crippen LogP contribution in [0.5, 0.6) is 0 Å². The van der Waals surface area contributed by atoms with Crippen molar-refractivity contribution in [1.82, 2.24) is 35.1 Å². The molecule has 2 aliphatic rings. The quantitative estimate of drug-likeness (QED) is 0.634. The van der Waals surface area contributed by atoms with E-state index in [1.807, 2.05) is 12.4 Å². The van der Waals surface area contributed by atoms with Crippen LogP contribution in [0, 0.1) is 11.8 Å². The SMILES string of the molecule is CCn1c(-c2nonc2N)nc2cncc(CC3CCC[C@H]3CN3CCNCC3)c21. The number of hydrogen-bond acceptors (Lipinski definition) is 8. The number of nitrogen functional groups attached to an aromatic ring is 1. The number of pyridine rings is 1. The molecule has 2 fully saturated rings. The largest absolute Gasteiger partial charge is 0.379 e. The van der Waals surface area contributed by atoms with Crippen LogP contribution in [-0.2, 0) is 13.0 Å². The minimum atomic E-state index is 0.265. The summed E-state index contributed by atoms with van der Waals surface area (Å²) in [5, 5.41) is 11.2. The minimum absolute atomic E-state index is 0.265. The Hall–Kier alpha value is -2.52. The molecule has 3 aromatic heterocycles. The van der Waals surface area contributed by atoms with E-state index in [9.17, 15) is 0 Å². The van der Waals surface area contributed by atoms with Crippen molar-refractivity contribution in [2.24, 2.45) is 11.8 Å². The second kappa shape index (κ2) is 8.31. The van der Waals surface area contributed by atoms with Gasteiger partial charge in [0, 0.05) is 45.5 Å². The maximum atomic E-state index is 5.95. The first-order valence-corrected chi connectivity index (χ1v) is 11.1. The molecule has 0 aromatic carbocycles. The molecule has 2 atom stereocenters. The van der Waals surface area contributed by atoms with Gasteiger partial charge in [-0.1, -0.05) is 6.42 Å². The van der Waals surface area contributed by atoms with Crippen molar-refractivity contribution in [3.05, 3.63) is 18.0 Å². The van der Waals surface area contributed by atoms with E-state index in [4.69, 9.17) is 15.3 Å². The van der Waals surface area contributed by atoms with Crippen LogP contribution in [0.2, 0.25) is 0 Å². The number of aryl methyl sites for hydroxylation is 1. The van der Waals surface area contributed by atoms with E-state index in [1.54, 1.807) is 0 Å². The molecule has 9 nitrogen and oxygen atoms in total. The highest BCUT2D eigenvalue weighted by Crippen LogP contribution is 2.37. The first kappa shape index (κ1) is 19.4. The maximum absolute atomic E-state index is 5.95. The van der Waals surface area contributed by atoms with Crippen LogP contribution in [0.15, 0.2) is 17.0 Å². The van der Waals surface area contributed by atoms with Crippen molar-refractivity contribution in [3.63, 3.8) is 0 Å². The van der Waals surface area contributed by atoms with Gasteiger partial charge in [-0.3, -0.25) is 4.98 Å². The number of hydrogen-bond donors (Lipinski definition) is 2. The Bertz CT molecular complexity index is 1010. The first-order valence-electron chi connectivity index (χ1n) is 11.1. The van der Waals surface area contributed by atoms with E-state index in [2.05, 4.69) is 37.0 Å². The summed E-state index contributed by atoms with van der Waals surface area (Å²) in [5.74, 6) is 2.41. The number of rotatable bonds is 6. The van der Waals surface area contributed by atoms with Crippen molar-refractivity contribution in [3.8, 4) is 11.5 Å². The van der Waals surface area contributed by atoms with E-state index in [-0.39, 0.29) is 5.82 Å². The monoisotopic (exact) mass is 410 g/mol. The normalized spacial score (nSPS) is 22.8. The Morgan fingerprint density at radius 1 is 1.17 bits per heavy atom. The lowest BCUT2D eigenvalue weighted by Crippen LogP contribution is -2.45. The van der Waals surface area contributed by atoms with Gasteiger partial charge in [0.15, 0.2) is 17.3 Å². The second-order valence-corrected chi connectivity index (χ2v) is 8.55. The van der Waals surface area contributed by atoms with Crippen LogP contribution < -0.4 is 11.1 Å². The van der Waals surface area contributed by atoms with Crippen molar-refractivity contribution in [2.45, 2.75) is 39.2 Å². The van der Waals surface area contributed by atoms with Gasteiger partial charge in [0.1, 0.15) is 5.52 Å². The predicted octanol–water partition coefficient (Wildman–Crippen LogP) is 1.95. The number of piperazine rings is 1. The van der Waals surface area contributed by atoms with Gasteiger partial charge in [0.2, 0.25) is 0 Å². The molecule has 0 amide bonds. The molecule has 0 radical (unpaired) electrons. The topological polar surface area (TPSA) is 111 Å². The van der Waals surface area contributed by atoms with Gasteiger partial charge >= 0.3 is 0 Å². The molecule has 160 valence electrons. The summed E-state index contributed by atoms with van der Waals surface area (Å²) < 4.78 is 6.99. The van der Waals surface area contributed by atoms with Crippen molar-refractivity contribution < 1.29 is 4.63 Å². The van der Waals surface area contributed by atoms with Crippen LogP contribution in [0.1, 0.15) is 31.7 Å². The van der Waals surface area contributed by atoms with Gasteiger partial charge in [-0.2, -0.15) is 0 Å². The minimum Gasteiger partial charge on any atom is -0.379 e. The third-order valence-corrected chi connectivity index (χ3v) is 6.77. The van der Waals surface area contributed by atoms with Crippen LogP contribution >= 0.6 is 0 Å². The average molecular weight is 411 g/mol. The number of nitrogens with zero attached hydrogens (tertiary/aromatic N) is 6. The Morgan fingerprint density at radius 3 is 2.77 bits per heavy atom. The molecule has 1 aliphatic heterocycles. The highest BCUT2D eigenvalue weighted by molar-refractivity contribution is 5.83. The molecule has 0 spiro atoms. The van der Waals surface area contributed by atoms with Gasteiger partial charge in [-0.15, -0.1) is 0 Å². The molecule has 4 heterocycles. The van der Waals surface area contributed by atoms with Crippen LogP contribution in [0.3, 0.4) is 0 Å². The van der Waals surface area contributed by atoms with Gasteiger partial charge in [-0.05, 0) is 53.9 Å². The third-order valence-electron chi connectivity index (χ3n) is 6.77. The van der Waals surface area contributed by atoms with Crippen LogP contribution in [0.25, 0.3) is 22.6 Å². The first-order chi connectivity index (χ1) is 14.7. The number of aromatic nitrogens is 5. The molecular weight excluding hydrogens is 380 g/mol. The number of imidazole rings is 1. The summed E-state index contributed by atoms with van der Waals surface area (Å²) in [4.78, 5) is 11.9. The zero-order valence-electron chi connectivity index (χ0n) is 17.5. The fourth-order valence-corrected chi connectivity index (χ4v) is 5.28. The lowest BCUT2D eigenvalue weighted by molar-refractivity contribution is 0.185. The average Bonchev–Trinajstić information content (AvgIpc) is 3.47. The lowest BCUT2D eigenvalue weighted by Gasteiger charge is -2.31. The zero-order chi connectivity index (χ0) is 20.5. The van der Waals surface area contributed by atoms with E-state index in [0.29, 0.717) is 17.4 Å². The molecule has 3 aromatic rings. The Balaban J connectivity index is 1.44. The molecule has 30 heavy (non-hydrogen) atoms. The van der Waals surface area contributed by atoms with Crippen LogP contribution in [-0.4, -0.2) is 62.5 Å². The molecule has 0 bridgehead atoms. The summed E-state index contributed by atoms with van der Waals surface area (Å²) in [6.45, 7) is 8.65. The van der Waals surface area contributed by atoms with Crippen molar-refractivity contribution >= 4 is 16.9 Å².